The number of hydrogen-bond donors (Lipinski definition) is 1. The maximum Gasteiger partial charge on any atom is 0.264 e. The van der Waals surface area contributed by atoms with Gasteiger partial charge in [0.2, 0.25) is 5.91 Å². The van der Waals surface area contributed by atoms with Crippen LogP contribution < -0.4 is 5.32 Å². The fourth-order valence-corrected chi connectivity index (χ4v) is 4.64. The Balaban J connectivity index is 1.43. The number of hydrogen-bond acceptors (Lipinski definition) is 4. The van der Waals surface area contributed by atoms with Crippen LogP contribution in [0.2, 0.25) is 0 Å². The van der Waals surface area contributed by atoms with Crippen LogP contribution in [0.1, 0.15) is 47.2 Å². The van der Waals surface area contributed by atoms with Crippen molar-refractivity contribution in [1.29, 1.82) is 0 Å². The van der Waals surface area contributed by atoms with Crippen molar-refractivity contribution >= 4 is 23.2 Å². The zero-order chi connectivity index (χ0) is 17.8. The highest BCUT2D eigenvalue weighted by Crippen LogP contribution is 2.23. The summed E-state index contributed by atoms with van der Waals surface area (Å²) in [6, 6.07) is 4.24. The van der Waals surface area contributed by atoms with E-state index in [9.17, 15) is 9.59 Å². The van der Waals surface area contributed by atoms with E-state index in [4.69, 9.17) is 0 Å². The fraction of sp³-hybridized carbons (Fsp3) is 0.684. The third-order valence-electron chi connectivity index (χ3n) is 5.44. The number of nitrogens with one attached hydrogen (secondary N) is 1. The van der Waals surface area contributed by atoms with Crippen molar-refractivity contribution in [2.45, 2.75) is 45.6 Å². The normalized spacial score (nSPS) is 25.0. The van der Waals surface area contributed by atoms with Crippen LogP contribution in [-0.2, 0) is 4.79 Å². The van der Waals surface area contributed by atoms with E-state index in [1.54, 1.807) is 11.3 Å². The van der Waals surface area contributed by atoms with Crippen LogP contribution >= 0.6 is 11.3 Å². The topological polar surface area (TPSA) is 52.7 Å². The van der Waals surface area contributed by atoms with E-state index in [0.29, 0.717) is 31.6 Å². The number of piperazine rings is 1. The Hall–Kier alpha value is -1.40. The molecule has 138 valence electrons. The summed E-state index contributed by atoms with van der Waals surface area (Å²) in [5.74, 6) is 0.840. The maximum atomic E-state index is 12.5. The Morgan fingerprint density at radius 1 is 1.16 bits per heavy atom. The molecule has 25 heavy (non-hydrogen) atoms. The van der Waals surface area contributed by atoms with Gasteiger partial charge in [0, 0.05) is 37.1 Å². The first-order chi connectivity index (χ1) is 12.0. The summed E-state index contributed by atoms with van der Waals surface area (Å²) in [6.45, 7) is 7.63. The lowest BCUT2D eigenvalue weighted by Gasteiger charge is -2.35. The Morgan fingerprint density at radius 3 is 2.52 bits per heavy atom. The summed E-state index contributed by atoms with van der Waals surface area (Å²) in [7, 11) is 0. The molecule has 2 amide bonds. The van der Waals surface area contributed by atoms with Gasteiger partial charge in [0.25, 0.3) is 5.91 Å². The minimum Gasteiger partial charge on any atom is -0.352 e. The molecule has 1 aliphatic carbocycles. The molecule has 0 radical (unpaired) electrons. The molecule has 0 spiro atoms. The molecule has 2 fully saturated rings. The number of carbonyl (C=O) groups is 2. The number of aryl methyl sites for hydroxylation is 1. The third-order valence-corrected chi connectivity index (χ3v) is 6.42. The molecule has 1 saturated carbocycles. The smallest absolute Gasteiger partial charge is 0.264 e. The molecule has 0 aromatic carbocycles. The van der Waals surface area contributed by atoms with Crippen LogP contribution in [0.5, 0.6) is 0 Å². The van der Waals surface area contributed by atoms with E-state index in [2.05, 4.69) is 17.1 Å². The quantitative estimate of drug-likeness (QED) is 0.894. The number of rotatable bonds is 4. The molecule has 2 unspecified atom stereocenters. The van der Waals surface area contributed by atoms with Gasteiger partial charge in [0.15, 0.2) is 0 Å². The molecule has 0 bridgehead atoms. The van der Waals surface area contributed by atoms with Gasteiger partial charge in [-0.05, 0) is 37.8 Å². The molecule has 1 aromatic rings. The second kappa shape index (κ2) is 8.32. The molecule has 5 nitrogen and oxygen atoms in total. The van der Waals surface area contributed by atoms with Gasteiger partial charge >= 0.3 is 0 Å². The van der Waals surface area contributed by atoms with Gasteiger partial charge in [0.1, 0.15) is 0 Å². The van der Waals surface area contributed by atoms with Crippen molar-refractivity contribution in [2.75, 3.05) is 32.7 Å². The molecular formula is C19H29N3O2S. The fourth-order valence-electron chi connectivity index (χ4n) is 3.80. The van der Waals surface area contributed by atoms with E-state index < -0.39 is 0 Å². The molecule has 2 aliphatic rings. The van der Waals surface area contributed by atoms with Gasteiger partial charge in [-0.3, -0.25) is 14.5 Å². The first-order valence-electron chi connectivity index (χ1n) is 9.40. The van der Waals surface area contributed by atoms with Gasteiger partial charge in [0.05, 0.1) is 11.4 Å². The van der Waals surface area contributed by atoms with E-state index in [-0.39, 0.29) is 11.8 Å². The monoisotopic (exact) mass is 363 g/mol. The first kappa shape index (κ1) is 18.4. The highest BCUT2D eigenvalue weighted by atomic mass is 32.1. The molecule has 3 rings (SSSR count). The van der Waals surface area contributed by atoms with Crippen LogP contribution in [-0.4, -0.2) is 60.4 Å². The summed E-state index contributed by atoms with van der Waals surface area (Å²) in [6.07, 6.45) is 4.83. The number of amides is 2. The largest absolute Gasteiger partial charge is 0.352 e. The van der Waals surface area contributed by atoms with E-state index in [1.165, 1.54) is 19.3 Å². The zero-order valence-electron chi connectivity index (χ0n) is 15.3. The second-order valence-electron chi connectivity index (χ2n) is 7.41. The summed E-state index contributed by atoms with van der Waals surface area (Å²) in [5, 5.41) is 3.22. The minimum atomic E-state index is 0.123. The predicted molar refractivity (Wildman–Crippen MR) is 101 cm³/mol. The van der Waals surface area contributed by atoms with Crippen molar-refractivity contribution in [1.82, 2.24) is 15.1 Å². The number of carbonyl (C=O) groups excluding carboxylic acids is 2. The molecule has 2 heterocycles. The lowest BCUT2D eigenvalue weighted by atomic mass is 9.86. The number of thiophene rings is 1. The van der Waals surface area contributed by atoms with Gasteiger partial charge in [-0.2, -0.15) is 0 Å². The van der Waals surface area contributed by atoms with Gasteiger partial charge in [-0.25, -0.2) is 0 Å². The summed E-state index contributed by atoms with van der Waals surface area (Å²) < 4.78 is 0. The molecule has 2 atom stereocenters. The molecule has 1 saturated heterocycles. The van der Waals surface area contributed by atoms with Crippen LogP contribution in [0.25, 0.3) is 0 Å². The van der Waals surface area contributed by atoms with E-state index in [1.807, 2.05) is 24.0 Å². The molecule has 6 heteroatoms. The molecule has 1 aliphatic heterocycles. The zero-order valence-corrected chi connectivity index (χ0v) is 16.1. The first-order valence-corrected chi connectivity index (χ1v) is 10.2. The minimum absolute atomic E-state index is 0.123. The van der Waals surface area contributed by atoms with Gasteiger partial charge in [-0.15, -0.1) is 11.3 Å². The summed E-state index contributed by atoms with van der Waals surface area (Å²) in [4.78, 5) is 30.9. The average Bonchev–Trinajstić information content (AvgIpc) is 3.03. The highest BCUT2D eigenvalue weighted by Gasteiger charge is 2.26. The molecular weight excluding hydrogens is 334 g/mol. The Bertz CT molecular complexity index is 608. The van der Waals surface area contributed by atoms with Gasteiger partial charge in [-0.1, -0.05) is 19.8 Å². The Labute approximate surface area is 154 Å². The number of nitrogens with zero attached hydrogens (tertiary/aromatic N) is 2. The average molecular weight is 364 g/mol. The van der Waals surface area contributed by atoms with Crippen molar-refractivity contribution in [2.24, 2.45) is 5.92 Å². The van der Waals surface area contributed by atoms with Crippen LogP contribution in [0.4, 0.5) is 0 Å². The second-order valence-corrected chi connectivity index (χ2v) is 8.70. The summed E-state index contributed by atoms with van der Waals surface area (Å²) >= 11 is 1.55. The van der Waals surface area contributed by atoms with Gasteiger partial charge < -0.3 is 10.2 Å². The summed E-state index contributed by atoms with van der Waals surface area (Å²) in [5.41, 5.74) is 0. The Kier molecular flexibility index (Phi) is 6.12. The predicted octanol–water partition coefficient (Wildman–Crippen LogP) is 2.51. The maximum absolute atomic E-state index is 12.5. The SMILES string of the molecule is Cc1ccc(C(=O)N2CCN(CC(=O)NC3CCCCC3C)CC2)s1. The third kappa shape index (κ3) is 4.82. The highest BCUT2D eigenvalue weighted by molar-refractivity contribution is 7.13. The lowest BCUT2D eigenvalue weighted by Crippen LogP contribution is -2.52. The van der Waals surface area contributed by atoms with E-state index >= 15 is 0 Å². The van der Waals surface area contributed by atoms with E-state index in [0.717, 1.165) is 29.3 Å². The standard InChI is InChI=1S/C19H29N3O2S/c1-14-5-3-4-6-16(14)20-18(23)13-21-9-11-22(12-10-21)19(24)17-8-7-15(2)25-17/h7-8,14,16H,3-6,9-13H2,1-2H3,(H,20,23). The molecule has 1 N–H and O–H groups in total. The molecule has 1 aromatic heterocycles. The van der Waals surface area contributed by atoms with Crippen LogP contribution in [0, 0.1) is 12.8 Å². The van der Waals surface area contributed by atoms with Crippen molar-refractivity contribution < 1.29 is 9.59 Å². The Morgan fingerprint density at radius 2 is 1.88 bits per heavy atom. The van der Waals surface area contributed by atoms with Crippen molar-refractivity contribution in [3.05, 3.63) is 21.9 Å². The van der Waals surface area contributed by atoms with Crippen LogP contribution in [0.3, 0.4) is 0 Å². The van der Waals surface area contributed by atoms with Crippen molar-refractivity contribution in [3.8, 4) is 0 Å². The van der Waals surface area contributed by atoms with Crippen molar-refractivity contribution in [3.63, 3.8) is 0 Å². The lowest BCUT2D eigenvalue weighted by molar-refractivity contribution is -0.123. The van der Waals surface area contributed by atoms with Crippen LogP contribution in [0.15, 0.2) is 12.1 Å².